The van der Waals surface area contributed by atoms with E-state index in [-0.39, 0.29) is 17.6 Å². The van der Waals surface area contributed by atoms with Gasteiger partial charge in [-0.2, -0.15) is 0 Å². The summed E-state index contributed by atoms with van der Waals surface area (Å²) in [6.45, 7) is 0.522. The van der Waals surface area contributed by atoms with E-state index in [9.17, 15) is 14.7 Å². The summed E-state index contributed by atoms with van der Waals surface area (Å²) in [5.74, 6) is 0.131. The maximum atomic E-state index is 12.4. The fraction of sp³-hybridized carbons (Fsp3) is 0.259. The van der Waals surface area contributed by atoms with E-state index in [0.29, 0.717) is 57.9 Å². The standard InChI is InChI=1S/C27H24ClN3O5S2/c28-18-4-8-23-21(14-18)29-25(36-23)17-3-1-2-16(12-17)13-20(32)7-5-19-6-9-24(33)31(19)10-11-37-27-30-22(15-38-27)26(34)35/h1-5,7-8,12,14-15,19-20,32H,6,9-11,13H2,(H,34,35)/t19-,20+/m0/s1. The number of thiazole rings is 1. The summed E-state index contributed by atoms with van der Waals surface area (Å²) < 4.78 is 6.53. The van der Waals surface area contributed by atoms with Crippen molar-refractivity contribution in [2.45, 2.75) is 35.7 Å². The molecule has 1 saturated heterocycles. The molecule has 1 fully saturated rings. The predicted molar refractivity (Wildman–Crippen MR) is 148 cm³/mol. The Labute approximate surface area is 232 Å². The minimum Gasteiger partial charge on any atom is -0.476 e. The second-order valence-corrected chi connectivity index (χ2v) is 11.5. The lowest BCUT2D eigenvalue weighted by Crippen LogP contribution is -2.33. The molecule has 4 aromatic rings. The molecule has 0 aliphatic carbocycles. The highest BCUT2D eigenvalue weighted by molar-refractivity contribution is 8.01. The van der Waals surface area contributed by atoms with Gasteiger partial charge in [0, 0.05) is 41.1 Å². The lowest BCUT2D eigenvalue weighted by molar-refractivity contribution is -0.128. The van der Waals surface area contributed by atoms with Crippen molar-refractivity contribution in [3.8, 4) is 11.5 Å². The molecule has 0 unspecified atom stereocenters. The van der Waals surface area contributed by atoms with Gasteiger partial charge >= 0.3 is 5.97 Å². The lowest BCUT2D eigenvalue weighted by Gasteiger charge is -2.22. The van der Waals surface area contributed by atoms with Gasteiger partial charge in [0.1, 0.15) is 5.52 Å². The van der Waals surface area contributed by atoms with E-state index in [1.165, 1.54) is 28.5 Å². The number of carbonyl (C=O) groups is 2. The van der Waals surface area contributed by atoms with Crippen LogP contribution in [0.4, 0.5) is 0 Å². The van der Waals surface area contributed by atoms with Crippen LogP contribution in [0.1, 0.15) is 28.9 Å². The number of aromatic nitrogens is 2. The Hall–Kier alpha value is -3.18. The van der Waals surface area contributed by atoms with Gasteiger partial charge in [0.15, 0.2) is 15.6 Å². The van der Waals surface area contributed by atoms with Crippen molar-refractivity contribution in [1.29, 1.82) is 0 Å². The molecule has 0 radical (unpaired) electrons. The molecule has 2 N–H and O–H groups in total. The van der Waals surface area contributed by atoms with E-state index in [0.717, 1.165) is 11.1 Å². The maximum absolute atomic E-state index is 12.4. The quantitative estimate of drug-likeness (QED) is 0.189. The molecule has 8 nitrogen and oxygen atoms in total. The van der Waals surface area contributed by atoms with E-state index >= 15 is 0 Å². The van der Waals surface area contributed by atoms with Crippen LogP contribution in [0.3, 0.4) is 0 Å². The first kappa shape index (κ1) is 26.4. The minimum atomic E-state index is -1.05. The molecule has 11 heteroatoms. The number of hydrogen-bond acceptors (Lipinski definition) is 8. The fourth-order valence-corrected chi connectivity index (χ4v) is 6.30. The van der Waals surface area contributed by atoms with Crippen molar-refractivity contribution >= 4 is 57.7 Å². The molecule has 5 rings (SSSR count). The van der Waals surface area contributed by atoms with Crippen molar-refractivity contribution in [3.05, 3.63) is 76.3 Å². The number of benzene rings is 2. The molecule has 2 atom stereocenters. The van der Waals surface area contributed by atoms with Crippen LogP contribution in [-0.2, 0) is 11.2 Å². The van der Waals surface area contributed by atoms with Crippen molar-refractivity contribution in [2.24, 2.45) is 0 Å². The van der Waals surface area contributed by atoms with Gasteiger partial charge in [-0.1, -0.05) is 47.6 Å². The molecule has 0 saturated carbocycles. The Kier molecular flexibility index (Phi) is 8.13. The maximum Gasteiger partial charge on any atom is 0.355 e. The summed E-state index contributed by atoms with van der Waals surface area (Å²) in [7, 11) is 0. The van der Waals surface area contributed by atoms with Crippen LogP contribution < -0.4 is 0 Å². The van der Waals surface area contributed by atoms with Gasteiger partial charge in [0.05, 0.1) is 12.1 Å². The number of hydrogen-bond donors (Lipinski definition) is 2. The highest BCUT2D eigenvalue weighted by Gasteiger charge is 2.28. The lowest BCUT2D eigenvalue weighted by atomic mass is 10.0. The number of nitrogens with zero attached hydrogens (tertiary/aromatic N) is 3. The van der Waals surface area contributed by atoms with Gasteiger partial charge in [-0.3, -0.25) is 4.79 Å². The third-order valence-electron chi connectivity index (χ3n) is 6.16. The molecule has 0 spiro atoms. The van der Waals surface area contributed by atoms with Gasteiger partial charge in [-0.15, -0.1) is 11.3 Å². The summed E-state index contributed by atoms with van der Waals surface area (Å²) in [5.41, 5.74) is 3.12. The number of aromatic carboxylic acids is 1. The second-order valence-electron chi connectivity index (χ2n) is 8.83. The molecule has 1 amide bonds. The predicted octanol–water partition coefficient (Wildman–Crippen LogP) is 5.55. The Balaban J connectivity index is 1.18. The Morgan fingerprint density at radius 3 is 2.97 bits per heavy atom. The first-order valence-electron chi connectivity index (χ1n) is 12.0. The number of likely N-dealkylation sites (tertiary alicyclic amines) is 1. The van der Waals surface area contributed by atoms with Crippen molar-refractivity contribution < 1.29 is 24.2 Å². The van der Waals surface area contributed by atoms with Gasteiger partial charge in [0.25, 0.3) is 0 Å². The highest BCUT2D eigenvalue weighted by Crippen LogP contribution is 2.28. The molecule has 38 heavy (non-hydrogen) atoms. The first-order valence-corrected chi connectivity index (χ1v) is 14.2. The smallest absolute Gasteiger partial charge is 0.355 e. The van der Waals surface area contributed by atoms with Crippen LogP contribution in [0.5, 0.6) is 0 Å². The van der Waals surface area contributed by atoms with E-state index in [1.807, 2.05) is 35.2 Å². The molecule has 3 heterocycles. The summed E-state index contributed by atoms with van der Waals surface area (Å²) >= 11 is 8.77. The number of rotatable bonds is 10. The SMILES string of the molecule is O=C(O)c1csc(SCCN2C(=O)CC[C@@H]2C=C[C@@H](O)Cc2cccc(-c3nc4cc(Cl)ccc4o3)c2)n1. The zero-order valence-corrected chi connectivity index (χ0v) is 22.5. The van der Waals surface area contributed by atoms with E-state index in [4.69, 9.17) is 21.1 Å². The summed E-state index contributed by atoms with van der Waals surface area (Å²) in [6, 6.07) is 12.9. The minimum absolute atomic E-state index is 0.0360. The number of amides is 1. The topological polar surface area (TPSA) is 117 Å². The molecule has 196 valence electrons. The fourth-order valence-electron chi connectivity index (χ4n) is 4.32. The largest absolute Gasteiger partial charge is 0.476 e. The second kappa shape index (κ2) is 11.7. The van der Waals surface area contributed by atoms with Gasteiger partial charge < -0.3 is 19.5 Å². The van der Waals surface area contributed by atoms with Crippen LogP contribution in [0, 0.1) is 0 Å². The molecule has 0 bridgehead atoms. The molecule has 1 aliphatic heterocycles. The number of halogens is 1. The zero-order chi connectivity index (χ0) is 26.6. The number of fused-ring (bicyclic) bond motifs is 1. The Morgan fingerprint density at radius 2 is 2.16 bits per heavy atom. The number of carbonyl (C=O) groups excluding carboxylic acids is 1. The number of carboxylic acids is 1. The first-order chi connectivity index (χ1) is 18.4. The summed E-state index contributed by atoms with van der Waals surface area (Å²) in [6.07, 6.45) is 4.50. The molecule has 1 aliphatic rings. The third-order valence-corrected chi connectivity index (χ3v) is 8.39. The van der Waals surface area contributed by atoms with E-state index in [2.05, 4.69) is 9.97 Å². The van der Waals surface area contributed by atoms with Crippen LogP contribution in [-0.4, -0.2) is 61.4 Å². The Bertz CT molecular complexity index is 1500. The third kappa shape index (κ3) is 6.27. The van der Waals surface area contributed by atoms with E-state index < -0.39 is 12.1 Å². The van der Waals surface area contributed by atoms with Crippen LogP contribution in [0.2, 0.25) is 5.02 Å². The Morgan fingerprint density at radius 1 is 1.29 bits per heavy atom. The molecular formula is C27H24ClN3O5S2. The van der Waals surface area contributed by atoms with Gasteiger partial charge in [0.2, 0.25) is 11.8 Å². The number of thioether (sulfide) groups is 1. The number of aliphatic hydroxyl groups is 1. The van der Waals surface area contributed by atoms with Crippen LogP contribution in [0.15, 0.2) is 68.8 Å². The van der Waals surface area contributed by atoms with E-state index in [1.54, 1.807) is 24.3 Å². The molecular weight excluding hydrogens is 546 g/mol. The normalized spacial score (nSPS) is 16.6. The molecule has 2 aromatic heterocycles. The highest BCUT2D eigenvalue weighted by atomic mass is 35.5. The van der Waals surface area contributed by atoms with Crippen molar-refractivity contribution in [3.63, 3.8) is 0 Å². The summed E-state index contributed by atoms with van der Waals surface area (Å²) in [4.78, 5) is 33.8. The average Bonchev–Trinajstić information content (AvgIpc) is 3.62. The average molecular weight is 570 g/mol. The zero-order valence-electron chi connectivity index (χ0n) is 20.1. The molecule has 2 aromatic carbocycles. The van der Waals surface area contributed by atoms with Gasteiger partial charge in [-0.25, -0.2) is 14.8 Å². The number of carboxylic acid groups (broad SMARTS) is 1. The van der Waals surface area contributed by atoms with Crippen LogP contribution >= 0.6 is 34.7 Å². The van der Waals surface area contributed by atoms with Crippen molar-refractivity contribution in [1.82, 2.24) is 14.9 Å². The number of oxazole rings is 1. The monoisotopic (exact) mass is 569 g/mol. The summed E-state index contributed by atoms with van der Waals surface area (Å²) in [5, 5.41) is 21.8. The van der Waals surface area contributed by atoms with Crippen molar-refractivity contribution in [2.75, 3.05) is 12.3 Å². The number of aliphatic hydroxyl groups excluding tert-OH is 1. The van der Waals surface area contributed by atoms with Gasteiger partial charge in [-0.05, 0) is 42.3 Å². The van der Waals surface area contributed by atoms with Crippen LogP contribution in [0.25, 0.3) is 22.6 Å².